The van der Waals surface area contributed by atoms with E-state index in [1.807, 2.05) is 12.1 Å². The Labute approximate surface area is 219 Å². The smallest absolute Gasteiger partial charge is 0.338 e. The Morgan fingerprint density at radius 3 is 2.00 bits per heavy atom. The number of hydrogen-bond donors (Lipinski definition) is 1. The third kappa shape index (κ3) is 3.79. The maximum absolute atomic E-state index is 13.7. The Hall–Kier alpha value is -4.31. The molecule has 0 spiro atoms. The average Bonchev–Trinajstić information content (AvgIpc) is 3.05. The van der Waals surface area contributed by atoms with E-state index in [0.29, 0.717) is 11.1 Å². The molecule has 1 N–H and O–H groups in total. The molecule has 2 aromatic carbocycles. The maximum atomic E-state index is 13.7. The van der Waals surface area contributed by atoms with Gasteiger partial charge in [0.1, 0.15) is 4.75 Å². The van der Waals surface area contributed by atoms with Crippen molar-refractivity contribution in [3.05, 3.63) is 107 Å². The summed E-state index contributed by atoms with van der Waals surface area (Å²) in [7, 11) is -4.24. The van der Waals surface area contributed by atoms with Crippen LogP contribution in [0.15, 0.2) is 90.6 Å². The van der Waals surface area contributed by atoms with E-state index in [4.69, 9.17) is 4.74 Å². The molecule has 38 heavy (non-hydrogen) atoms. The second-order valence-electron chi connectivity index (χ2n) is 9.56. The molecule has 2 atom stereocenters. The van der Waals surface area contributed by atoms with Gasteiger partial charge >= 0.3 is 11.9 Å². The number of fused-ring (bicyclic) bond motifs is 1. The number of hydrogen-bond acceptors (Lipinski definition) is 7. The largest absolute Gasteiger partial charge is 0.478 e. The number of carbonyl (C=O) groups excluding carboxylic acids is 2. The molecule has 0 saturated carbocycles. The second kappa shape index (κ2) is 9.21. The van der Waals surface area contributed by atoms with Crippen LogP contribution in [-0.4, -0.2) is 57.4 Å². The number of aliphatic carboxylic acids is 1. The van der Waals surface area contributed by atoms with E-state index < -0.39 is 61.1 Å². The summed E-state index contributed by atoms with van der Waals surface area (Å²) in [5, 5.41) is 8.28. The number of β-lactam (4-membered cyclic amide) rings is 1. The highest BCUT2D eigenvalue weighted by molar-refractivity contribution is 7.94. The molecule has 2 aliphatic heterocycles. The van der Waals surface area contributed by atoms with Crippen LogP contribution in [0.25, 0.3) is 5.57 Å². The van der Waals surface area contributed by atoms with Crippen LogP contribution in [0.3, 0.4) is 0 Å². The Morgan fingerprint density at radius 1 is 0.947 bits per heavy atom. The molecule has 0 unspecified atom stereocenters. The van der Waals surface area contributed by atoms with Gasteiger partial charge in [0.15, 0.2) is 27.4 Å². The zero-order chi connectivity index (χ0) is 27.2. The molecule has 9 nitrogen and oxygen atoms in total. The van der Waals surface area contributed by atoms with E-state index in [0.717, 1.165) is 4.90 Å². The fourth-order valence-corrected chi connectivity index (χ4v) is 7.17. The van der Waals surface area contributed by atoms with E-state index in [9.17, 15) is 27.9 Å². The van der Waals surface area contributed by atoms with Gasteiger partial charge in [-0.3, -0.25) is 9.78 Å². The summed E-state index contributed by atoms with van der Waals surface area (Å²) >= 11 is 0. The highest BCUT2D eigenvalue weighted by Gasteiger charge is 2.71. The lowest BCUT2D eigenvalue weighted by atomic mass is 9.91. The van der Waals surface area contributed by atoms with Crippen molar-refractivity contribution in [1.82, 2.24) is 9.88 Å². The van der Waals surface area contributed by atoms with Crippen LogP contribution in [-0.2, 0) is 29.0 Å². The third-order valence-electron chi connectivity index (χ3n) is 6.99. The number of ether oxygens (including phenoxy) is 1. The standard InChI is InChI=1S/C28H24N2O7S/c1-28(2)23(27(34)37-22(17-11-5-3-6-12-17)18-13-7-4-8-14-18)30-24(31)21(25(30)38(28,35)36)20(26(32)33)19-15-9-10-16-29-19/h3-16,22-23,25H,1-2H3,(H,32,33)/t23-,25+/m0/s1. The number of esters is 1. The zero-order valence-electron chi connectivity index (χ0n) is 20.5. The van der Waals surface area contributed by atoms with Crippen molar-refractivity contribution in [1.29, 1.82) is 0 Å². The molecule has 0 radical (unpaired) electrons. The summed E-state index contributed by atoms with van der Waals surface area (Å²) in [5.74, 6) is -3.25. The summed E-state index contributed by atoms with van der Waals surface area (Å²) in [5.41, 5.74) is 0.372. The first kappa shape index (κ1) is 25.3. The molecule has 0 aliphatic carbocycles. The van der Waals surface area contributed by atoms with Gasteiger partial charge in [-0.05, 0) is 37.1 Å². The second-order valence-corrected chi connectivity index (χ2v) is 12.2. The molecule has 10 heteroatoms. The Morgan fingerprint density at radius 2 is 1.50 bits per heavy atom. The Kier molecular flexibility index (Phi) is 6.15. The van der Waals surface area contributed by atoms with Gasteiger partial charge in [0.25, 0.3) is 5.91 Å². The number of carbonyl (C=O) groups is 3. The number of sulfone groups is 1. The van der Waals surface area contributed by atoms with Crippen LogP contribution in [0, 0.1) is 0 Å². The van der Waals surface area contributed by atoms with E-state index in [1.54, 1.807) is 54.6 Å². The molecule has 5 rings (SSSR count). The van der Waals surface area contributed by atoms with E-state index in [2.05, 4.69) is 4.98 Å². The first-order valence-corrected chi connectivity index (χ1v) is 13.4. The van der Waals surface area contributed by atoms with Crippen molar-refractivity contribution in [2.24, 2.45) is 0 Å². The molecule has 0 bridgehead atoms. The third-order valence-corrected chi connectivity index (χ3v) is 9.74. The van der Waals surface area contributed by atoms with Gasteiger partial charge in [0.2, 0.25) is 0 Å². The molecule has 2 aliphatic rings. The SMILES string of the molecule is CC1(C)[C@H](C(=O)OC(c2ccccc2)c2ccccc2)N2C(=O)C(=C(C(=O)O)c3ccccn3)[C@H]2S1(=O)=O. The molecule has 1 aromatic heterocycles. The lowest BCUT2D eigenvalue weighted by Gasteiger charge is -2.39. The molecule has 3 aromatic rings. The average molecular weight is 533 g/mol. The Bertz CT molecular complexity index is 1510. The van der Waals surface area contributed by atoms with Gasteiger partial charge in [-0.25, -0.2) is 18.0 Å². The van der Waals surface area contributed by atoms with Crippen LogP contribution in [0.1, 0.15) is 36.8 Å². The van der Waals surface area contributed by atoms with Gasteiger partial charge in [-0.1, -0.05) is 66.7 Å². The van der Waals surface area contributed by atoms with Crippen molar-refractivity contribution >= 4 is 33.3 Å². The van der Waals surface area contributed by atoms with Crippen molar-refractivity contribution in [2.45, 2.75) is 36.1 Å². The van der Waals surface area contributed by atoms with Crippen LogP contribution >= 0.6 is 0 Å². The number of pyridine rings is 1. The number of benzene rings is 2. The van der Waals surface area contributed by atoms with Gasteiger partial charge < -0.3 is 14.7 Å². The molecular weight excluding hydrogens is 508 g/mol. The predicted molar refractivity (Wildman–Crippen MR) is 137 cm³/mol. The molecular formula is C28H24N2O7S. The maximum Gasteiger partial charge on any atom is 0.338 e. The first-order chi connectivity index (χ1) is 18.1. The highest BCUT2D eigenvalue weighted by Crippen LogP contribution is 2.51. The van der Waals surface area contributed by atoms with Crippen LogP contribution in [0.4, 0.5) is 0 Å². The van der Waals surface area contributed by atoms with E-state index in [-0.39, 0.29) is 5.69 Å². The molecule has 2 saturated heterocycles. The molecule has 3 heterocycles. The fourth-order valence-electron chi connectivity index (χ4n) is 5.03. The monoisotopic (exact) mass is 532 g/mol. The van der Waals surface area contributed by atoms with Gasteiger partial charge in [0, 0.05) is 6.20 Å². The summed E-state index contributed by atoms with van der Waals surface area (Å²) < 4.78 is 31.5. The predicted octanol–water partition coefficient (Wildman–Crippen LogP) is 3.00. The molecule has 194 valence electrons. The van der Waals surface area contributed by atoms with Gasteiger partial charge in [0.05, 0.1) is 16.8 Å². The summed E-state index contributed by atoms with van der Waals surface area (Å²) in [4.78, 5) is 44.2. The fraction of sp³-hybridized carbons (Fsp3) is 0.214. The summed E-state index contributed by atoms with van der Waals surface area (Å²) in [6.45, 7) is 2.69. The van der Waals surface area contributed by atoms with Crippen molar-refractivity contribution in [3.63, 3.8) is 0 Å². The van der Waals surface area contributed by atoms with Gasteiger partial charge in [-0.15, -0.1) is 0 Å². The van der Waals surface area contributed by atoms with Crippen molar-refractivity contribution in [3.8, 4) is 0 Å². The van der Waals surface area contributed by atoms with Crippen LogP contribution < -0.4 is 0 Å². The number of nitrogens with zero attached hydrogens (tertiary/aromatic N) is 2. The van der Waals surface area contributed by atoms with Crippen LogP contribution in [0.2, 0.25) is 0 Å². The van der Waals surface area contributed by atoms with Crippen molar-refractivity contribution < 1.29 is 32.6 Å². The number of amides is 1. The highest BCUT2D eigenvalue weighted by atomic mass is 32.2. The minimum atomic E-state index is -4.24. The first-order valence-electron chi connectivity index (χ1n) is 11.8. The minimum absolute atomic E-state index is 0.0461. The topological polar surface area (TPSA) is 131 Å². The van der Waals surface area contributed by atoms with Crippen molar-refractivity contribution in [2.75, 3.05) is 0 Å². The van der Waals surface area contributed by atoms with E-state index in [1.165, 1.54) is 32.2 Å². The summed E-state index contributed by atoms with van der Waals surface area (Å²) in [6, 6.07) is 20.9. The normalized spacial score (nSPS) is 22.4. The molecule has 1 amide bonds. The number of rotatable bonds is 6. The minimum Gasteiger partial charge on any atom is -0.478 e. The number of carboxylic acid groups (broad SMARTS) is 1. The van der Waals surface area contributed by atoms with E-state index >= 15 is 0 Å². The lowest BCUT2D eigenvalue weighted by molar-refractivity contribution is -0.160. The molecule has 2 fully saturated rings. The number of carboxylic acids is 1. The lowest BCUT2D eigenvalue weighted by Crippen LogP contribution is -2.59. The van der Waals surface area contributed by atoms with Crippen LogP contribution in [0.5, 0.6) is 0 Å². The number of aromatic nitrogens is 1. The Balaban J connectivity index is 1.57. The van der Waals surface area contributed by atoms with Gasteiger partial charge in [-0.2, -0.15) is 0 Å². The zero-order valence-corrected chi connectivity index (χ0v) is 21.3. The summed E-state index contributed by atoms with van der Waals surface area (Å²) in [6.07, 6.45) is 0.497. The quantitative estimate of drug-likeness (QED) is 0.291.